The van der Waals surface area contributed by atoms with Crippen molar-refractivity contribution < 1.29 is 9.90 Å². The van der Waals surface area contributed by atoms with Crippen LogP contribution in [0.5, 0.6) is 0 Å². The number of hydrogen-bond donors (Lipinski definition) is 2. The summed E-state index contributed by atoms with van der Waals surface area (Å²) < 4.78 is 0. The van der Waals surface area contributed by atoms with E-state index in [9.17, 15) is 9.90 Å². The van der Waals surface area contributed by atoms with Crippen LogP contribution >= 0.6 is 0 Å². The molecule has 0 heterocycles. The van der Waals surface area contributed by atoms with Gasteiger partial charge >= 0.3 is 0 Å². The molecule has 1 aliphatic rings. The van der Waals surface area contributed by atoms with E-state index in [2.05, 4.69) is 5.32 Å². The predicted octanol–water partition coefficient (Wildman–Crippen LogP) is 1.53. The van der Waals surface area contributed by atoms with E-state index in [0.29, 0.717) is 11.3 Å². The van der Waals surface area contributed by atoms with Crippen LogP contribution in [0.2, 0.25) is 0 Å². The van der Waals surface area contributed by atoms with Crippen LogP contribution in [0.25, 0.3) is 0 Å². The zero-order valence-electron chi connectivity index (χ0n) is 8.43. The molecule has 13 heavy (non-hydrogen) atoms. The van der Waals surface area contributed by atoms with Crippen LogP contribution in [0.3, 0.4) is 0 Å². The first kappa shape index (κ1) is 9.84. The number of carbonyl (C=O) groups excluding carboxylic acids is 1. The molecule has 0 aromatic heterocycles. The van der Waals surface area contributed by atoms with Crippen molar-refractivity contribution in [3.05, 3.63) is 23.1 Å². The standard InChI is InChI=1S/C10H15NO2/c1-6-5-10(2,3)9(13)7(11-4)8(6)12/h5,11,13H,1-4H3. The maximum atomic E-state index is 11.5. The number of rotatable bonds is 1. The number of hydrogen-bond acceptors (Lipinski definition) is 3. The van der Waals surface area contributed by atoms with Gasteiger partial charge in [0.1, 0.15) is 11.5 Å². The highest BCUT2D eigenvalue weighted by Gasteiger charge is 2.32. The average molecular weight is 181 g/mol. The minimum atomic E-state index is -0.448. The molecule has 0 amide bonds. The predicted molar refractivity (Wildman–Crippen MR) is 51.3 cm³/mol. The van der Waals surface area contributed by atoms with Gasteiger partial charge in [0.05, 0.1) is 0 Å². The Morgan fingerprint density at radius 3 is 2.46 bits per heavy atom. The van der Waals surface area contributed by atoms with Crippen molar-refractivity contribution in [2.75, 3.05) is 7.05 Å². The lowest BCUT2D eigenvalue weighted by Crippen LogP contribution is -2.29. The van der Waals surface area contributed by atoms with Gasteiger partial charge in [0.15, 0.2) is 0 Å². The number of Topliss-reactive ketones (excluding diaryl/α,β-unsaturated/α-hetero) is 1. The Labute approximate surface area is 78.1 Å². The first-order chi connectivity index (χ1) is 5.90. The number of aliphatic hydroxyl groups is 1. The molecule has 0 spiro atoms. The molecule has 1 aliphatic carbocycles. The van der Waals surface area contributed by atoms with Crippen LogP contribution in [0.1, 0.15) is 20.8 Å². The van der Waals surface area contributed by atoms with E-state index >= 15 is 0 Å². The molecule has 2 N–H and O–H groups in total. The Hall–Kier alpha value is -1.25. The fraction of sp³-hybridized carbons (Fsp3) is 0.500. The van der Waals surface area contributed by atoms with Crippen molar-refractivity contribution in [2.24, 2.45) is 5.41 Å². The summed E-state index contributed by atoms with van der Waals surface area (Å²) in [5.74, 6) is -0.00933. The number of nitrogens with one attached hydrogen (secondary N) is 1. The highest BCUT2D eigenvalue weighted by Crippen LogP contribution is 2.33. The number of ketones is 1. The fourth-order valence-electron chi connectivity index (χ4n) is 1.53. The topological polar surface area (TPSA) is 49.3 Å². The summed E-state index contributed by atoms with van der Waals surface area (Å²) in [5.41, 5.74) is 0.535. The van der Waals surface area contributed by atoms with Crippen LogP contribution in [-0.4, -0.2) is 17.9 Å². The molecule has 0 aromatic rings. The maximum Gasteiger partial charge on any atom is 0.207 e. The molecule has 0 aromatic carbocycles. The summed E-state index contributed by atoms with van der Waals surface area (Å²) >= 11 is 0. The third-order valence-electron chi connectivity index (χ3n) is 2.26. The molecule has 72 valence electrons. The van der Waals surface area contributed by atoms with Gasteiger partial charge in [-0.15, -0.1) is 0 Å². The van der Waals surface area contributed by atoms with Crippen LogP contribution in [-0.2, 0) is 4.79 Å². The lowest BCUT2D eigenvalue weighted by Gasteiger charge is -2.27. The molecule has 0 unspecified atom stereocenters. The van der Waals surface area contributed by atoms with Crippen LogP contribution in [0.4, 0.5) is 0 Å². The molecule has 3 nitrogen and oxygen atoms in total. The summed E-state index contributed by atoms with van der Waals surface area (Å²) in [7, 11) is 1.64. The first-order valence-electron chi connectivity index (χ1n) is 4.26. The highest BCUT2D eigenvalue weighted by atomic mass is 16.3. The van der Waals surface area contributed by atoms with Gasteiger partial charge in [-0.3, -0.25) is 4.79 Å². The van der Waals surface area contributed by atoms with Gasteiger partial charge in [-0.05, 0) is 26.3 Å². The molecule has 0 fully saturated rings. The SMILES string of the molecule is CNC1=C(O)C(C)(C)C=C(C)C1=O. The smallest absolute Gasteiger partial charge is 0.207 e. The summed E-state index contributed by atoms with van der Waals surface area (Å²) in [6.07, 6.45) is 1.78. The lowest BCUT2D eigenvalue weighted by atomic mass is 9.81. The Bertz CT molecular complexity index is 311. The second-order valence-electron chi connectivity index (χ2n) is 3.85. The molecule has 0 bridgehead atoms. The Balaban J connectivity index is 3.24. The van der Waals surface area contributed by atoms with Crippen molar-refractivity contribution in [3.63, 3.8) is 0 Å². The molecule has 0 aliphatic heterocycles. The second kappa shape index (κ2) is 2.91. The quantitative estimate of drug-likeness (QED) is 0.645. The van der Waals surface area contributed by atoms with E-state index in [1.807, 2.05) is 13.8 Å². The van der Waals surface area contributed by atoms with Gasteiger partial charge in [-0.25, -0.2) is 0 Å². The molecular formula is C10H15NO2. The Kier molecular flexibility index (Phi) is 2.20. The first-order valence-corrected chi connectivity index (χ1v) is 4.26. The van der Waals surface area contributed by atoms with Crippen molar-refractivity contribution in [3.8, 4) is 0 Å². The van der Waals surface area contributed by atoms with Crippen molar-refractivity contribution >= 4 is 5.78 Å². The van der Waals surface area contributed by atoms with E-state index in [0.717, 1.165) is 0 Å². The van der Waals surface area contributed by atoms with Crippen molar-refractivity contribution in [2.45, 2.75) is 20.8 Å². The van der Waals surface area contributed by atoms with E-state index in [1.165, 1.54) is 0 Å². The highest BCUT2D eigenvalue weighted by molar-refractivity contribution is 6.08. The third kappa shape index (κ3) is 1.46. The average Bonchev–Trinajstić information content (AvgIpc) is 2.02. The van der Waals surface area contributed by atoms with Crippen molar-refractivity contribution in [1.82, 2.24) is 5.32 Å². The number of allylic oxidation sites excluding steroid dienone is 2. The van der Waals surface area contributed by atoms with E-state index in [-0.39, 0.29) is 11.5 Å². The molecular weight excluding hydrogens is 166 g/mol. The maximum absolute atomic E-state index is 11.5. The monoisotopic (exact) mass is 181 g/mol. The zero-order chi connectivity index (χ0) is 10.2. The summed E-state index contributed by atoms with van der Waals surface area (Å²) in [6, 6.07) is 0. The molecule has 0 saturated heterocycles. The number of carbonyl (C=O) groups is 1. The second-order valence-corrected chi connectivity index (χ2v) is 3.85. The van der Waals surface area contributed by atoms with E-state index < -0.39 is 5.41 Å². The molecule has 0 radical (unpaired) electrons. The van der Waals surface area contributed by atoms with Gasteiger partial charge in [-0.1, -0.05) is 6.08 Å². The molecule has 3 heteroatoms. The molecule has 1 rings (SSSR count). The van der Waals surface area contributed by atoms with E-state index in [1.54, 1.807) is 20.0 Å². The number of likely N-dealkylation sites (N-methyl/N-ethyl adjacent to an activating group) is 1. The Morgan fingerprint density at radius 2 is 2.00 bits per heavy atom. The lowest BCUT2D eigenvalue weighted by molar-refractivity contribution is -0.113. The normalized spacial score (nSPS) is 21.5. The van der Waals surface area contributed by atoms with Gasteiger partial charge in [-0.2, -0.15) is 0 Å². The number of aliphatic hydroxyl groups excluding tert-OH is 1. The Morgan fingerprint density at radius 1 is 1.46 bits per heavy atom. The zero-order valence-corrected chi connectivity index (χ0v) is 8.43. The molecule has 0 atom stereocenters. The van der Waals surface area contributed by atoms with Crippen LogP contribution in [0.15, 0.2) is 23.1 Å². The van der Waals surface area contributed by atoms with Gasteiger partial charge < -0.3 is 10.4 Å². The third-order valence-corrected chi connectivity index (χ3v) is 2.26. The molecule has 0 saturated carbocycles. The summed E-state index contributed by atoms with van der Waals surface area (Å²) in [5, 5.41) is 12.5. The largest absolute Gasteiger partial charge is 0.509 e. The van der Waals surface area contributed by atoms with Gasteiger partial charge in [0.2, 0.25) is 5.78 Å². The summed E-state index contributed by atoms with van der Waals surface area (Å²) in [4.78, 5) is 11.5. The fourth-order valence-corrected chi connectivity index (χ4v) is 1.53. The minimum Gasteiger partial charge on any atom is -0.509 e. The summed E-state index contributed by atoms with van der Waals surface area (Å²) in [6.45, 7) is 5.50. The minimum absolute atomic E-state index is 0.116. The van der Waals surface area contributed by atoms with Crippen LogP contribution < -0.4 is 5.32 Å². The van der Waals surface area contributed by atoms with Crippen LogP contribution in [0, 0.1) is 5.41 Å². The van der Waals surface area contributed by atoms with Gasteiger partial charge in [0, 0.05) is 12.5 Å². The van der Waals surface area contributed by atoms with E-state index in [4.69, 9.17) is 0 Å². The van der Waals surface area contributed by atoms with Gasteiger partial charge in [0.25, 0.3) is 0 Å². The van der Waals surface area contributed by atoms with Crippen molar-refractivity contribution in [1.29, 1.82) is 0 Å².